The Morgan fingerprint density at radius 2 is 2.04 bits per heavy atom. The molecule has 1 amide bonds. The van der Waals surface area contributed by atoms with Crippen molar-refractivity contribution in [3.63, 3.8) is 0 Å². The number of aromatic nitrogens is 6. The molecule has 0 bridgehead atoms. The summed E-state index contributed by atoms with van der Waals surface area (Å²) >= 11 is 1.38. The molecule has 0 unspecified atom stereocenters. The number of piperazine rings is 1. The third kappa shape index (κ3) is 3.81. The van der Waals surface area contributed by atoms with Gasteiger partial charge in [0.25, 0.3) is 0 Å². The second kappa shape index (κ2) is 7.56. The lowest BCUT2D eigenvalue weighted by Crippen LogP contribution is -2.49. The number of nitrogens with zero attached hydrogens (tertiary/aromatic N) is 8. The van der Waals surface area contributed by atoms with Crippen molar-refractivity contribution in [2.45, 2.75) is 25.0 Å². The lowest BCUT2D eigenvalue weighted by molar-refractivity contribution is -0.128. The van der Waals surface area contributed by atoms with E-state index in [-0.39, 0.29) is 11.9 Å². The number of anilines is 1. The quantitative estimate of drug-likeness (QED) is 0.721. The van der Waals surface area contributed by atoms with Crippen molar-refractivity contribution >= 4 is 23.5 Å². The van der Waals surface area contributed by atoms with E-state index in [4.69, 9.17) is 0 Å². The molecule has 1 aliphatic heterocycles. The Bertz CT molecular complexity index is 668. The Morgan fingerprint density at radius 3 is 2.71 bits per heavy atom. The highest BCUT2D eigenvalue weighted by Gasteiger charge is 2.22. The number of hydrogen-bond acceptors (Lipinski definition) is 8. The van der Waals surface area contributed by atoms with Crippen molar-refractivity contribution < 1.29 is 4.79 Å². The zero-order valence-electron chi connectivity index (χ0n) is 13.7. The highest BCUT2D eigenvalue weighted by molar-refractivity contribution is 7.99. The second-order valence-corrected chi connectivity index (χ2v) is 6.66. The molecular weight excluding hydrogens is 328 g/mol. The van der Waals surface area contributed by atoms with Crippen molar-refractivity contribution in [2.24, 2.45) is 0 Å². The molecule has 0 aromatic carbocycles. The van der Waals surface area contributed by atoms with Crippen molar-refractivity contribution in [1.29, 1.82) is 0 Å². The van der Waals surface area contributed by atoms with Crippen LogP contribution in [0, 0.1) is 0 Å². The molecule has 1 aliphatic rings. The fourth-order valence-corrected chi connectivity index (χ4v) is 3.37. The van der Waals surface area contributed by atoms with Crippen LogP contribution in [0.5, 0.6) is 0 Å². The smallest absolute Gasteiger partial charge is 0.233 e. The zero-order valence-corrected chi connectivity index (χ0v) is 14.6. The standard InChI is InChI=1S/C14H20N8OS/c1-11(2)22-14(17-18-19-22)24-10-13(23)21-7-5-20(6-8-21)12-9-15-3-4-16-12/h3-4,9,11H,5-8,10H2,1-2H3. The first-order chi connectivity index (χ1) is 11.6. The minimum atomic E-state index is 0.108. The predicted molar refractivity (Wildman–Crippen MR) is 89.8 cm³/mol. The van der Waals surface area contributed by atoms with E-state index in [9.17, 15) is 4.79 Å². The molecule has 0 saturated carbocycles. The van der Waals surface area contributed by atoms with Gasteiger partial charge in [0, 0.05) is 38.6 Å². The summed E-state index contributed by atoms with van der Waals surface area (Å²) in [4.78, 5) is 24.8. The van der Waals surface area contributed by atoms with Gasteiger partial charge in [-0.1, -0.05) is 11.8 Å². The zero-order chi connectivity index (χ0) is 16.9. The van der Waals surface area contributed by atoms with E-state index in [1.165, 1.54) is 11.8 Å². The van der Waals surface area contributed by atoms with Gasteiger partial charge in [-0.25, -0.2) is 9.67 Å². The van der Waals surface area contributed by atoms with Crippen LogP contribution in [0.3, 0.4) is 0 Å². The largest absolute Gasteiger partial charge is 0.352 e. The van der Waals surface area contributed by atoms with Crippen LogP contribution in [-0.4, -0.2) is 72.9 Å². The van der Waals surface area contributed by atoms with Gasteiger partial charge in [0.05, 0.1) is 18.0 Å². The second-order valence-electron chi connectivity index (χ2n) is 5.72. The van der Waals surface area contributed by atoms with Crippen LogP contribution in [0.1, 0.15) is 19.9 Å². The maximum absolute atomic E-state index is 12.4. The summed E-state index contributed by atoms with van der Waals surface area (Å²) < 4.78 is 1.73. The van der Waals surface area contributed by atoms with Gasteiger partial charge in [-0.05, 0) is 24.3 Å². The van der Waals surface area contributed by atoms with E-state index in [0.717, 1.165) is 18.9 Å². The van der Waals surface area contributed by atoms with E-state index >= 15 is 0 Å². The topological polar surface area (TPSA) is 92.9 Å². The van der Waals surface area contributed by atoms with Crippen molar-refractivity contribution in [3.8, 4) is 0 Å². The molecule has 9 nitrogen and oxygen atoms in total. The first-order valence-electron chi connectivity index (χ1n) is 7.84. The number of hydrogen-bond donors (Lipinski definition) is 0. The highest BCUT2D eigenvalue weighted by Crippen LogP contribution is 2.18. The van der Waals surface area contributed by atoms with Gasteiger partial charge in [-0.15, -0.1) is 5.10 Å². The fraction of sp³-hybridized carbons (Fsp3) is 0.571. The Kier molecular flexibility index (Phi) is 5.24. The Labute approximate surface area is 144 Å². The van der Waals surface area contributed by atoms with Gasteiger partial charge in [-0.3, -0.25) is 9.78 Å². The normalized spacial score (nSPS) is 15.1. The van der Waals surface area contributed by atoms with Gasteiger partial charge in [0.15, 0.2) is 0 Å². The number of tetrazole rings is 1. The first kappa shape index (κ1) is 16.6. The Morgan fingerprint density at radius 1 is 1.25 bits per heavy atom. The molecule has 3 rings (SSSR count). The summed E-state index contributed by atoms with van der Waals surface area (Å²) in [5.41, 5.74) is 0. The van der Waals surface area contributed by atoms with Gasteiger partial charge in [0.1, 0.15) is 5.82 Å². The number of thioether (sulfide) groups is 1. The lowest BCUT2D eigenvalue weighted by atomic mass is 10.3. The summed E-state index contributed by atoms with van der Waals surface area (Å²) in [7, 11) is 0. The van der Waals surface area contributed by atoms with Crippen LogP contribution in [0.4, 0.5) is 5.82 Å². The number of rotatable bonds is 5. The van der Waals surface area contributed by atoms with Crippen LogP contribution in [0.15, 0.2) is 23.7 Å². The summed E-state index contributed by atoms with van der Waals surface area (Å²) in [6, 6.07) is 0.174. The number of carbonyl (C=O) groups excluding carboxylic acids is 1. The predicted octanol–water partition coefficient (Wildman–Crippen LogP) is 0.485. The van der Waals surface area contributed by atoms with Gasteiger partial charge in [0.2, 0.25) is 11.1 Å². The maximum atomic E-state index is 12.4. The van der Waals surface area contributed by atoms with E-state index in [0.29, 0.717) is 24.0 Å². The van der Waals surface area contributed by atoms with Gasteiger partial charge in [-0.2, -0.15) is 0 Å². The molecule has 0 atom stereocenters. The number of amides is 1. The van der Waals surface area contributed by atoms with Gasteiger partial charge < -0.3 is 9.80 Å². The maximum Gasteiger partial charge on any atom is 0.233 e. The monoisotopic (exact) mass is 348 g/mol. The lowest BCUT2D eigenvalue weighted by Gasteiger charge is -2.35. The molecule has 2 aromatic rings. The summed E-state index contributed by atoms with van der Waals surface area (Å²) in [5.74, 6) is 1.31. The van der Waals surface area contributed by atoms with E-state index in [1.807, 2.05) is 18.7 Å². The van der Waals surface area contributed by atoms with E-state index in [2.05, 4.69) is 30.4 Å². The van der Waals surface area contributed by atoms with Crippen LogP contribution in [0.2, 0.25) is 0 Å². The number of carbonyl (C=O) groups is 1. The van der Waals surface area contributed by atoms with E-state index < -0.39 is 0 Å². The Hall–Kier alpha value is -2.23. The molecule has 0 spiro atoms. The van der Waals surface area contributed by atoms with Crippen LogP contribution >= 0.6 is 11.8 Å². The molecule has 128 valence electrons. The average Bonchev–Trinajstić information content (AvgIpc) is 3.09. The molecule has 1 saturated heterocycles. The minimum absolute atomic E-state index is 0.108. The summed E-state index contributed by atoms with van der Waals surface area (Å²) in [5, 5.41) is 12.3. The highest BCUT2D eigenvalue weighted by atomic mass is 32.2. The Balaban J connectivity index is 1.49. The van der Waals surface area contributed by atoms with Crippen molar-refractivity contribution in [2.75, 3.05) is 36.8 Å². The van der Waals surface area contributed by atoms with Crippen molar-refractivity contribution in [3.05, 3.63) is 18.6 Å². The molecule has 24 heavy (non-hydrogen) atoms. The van der Waals surface area contributed by atoms with E-state index in [1.54, 1.807) is 23.3 Å². The molecular formula is C14H20N8OS. The molecule has 0 N–H and O–H groups in total. The van der Waals surface area contributed by atoms with Gasteiger partial charge >= 0.3 is 0 Å². The molecule has 2 aromatic heterocycles. The molecule has 0 aliphatic carbocycles. The minimum Gasteiger partial charge on any atom is -0.352 e. The van der Waals surface area contributed by atoms with Crippen molar-refractivity contribution in [1.82, 2.24) is 35.1 Å². The fourth-order valence-electron chi connectivity index (χ4n) is 2.46. The SMILES string of the molecule is CC(C)n1nnnc1SCC(=O)N1CCN(c2cnccn2)CC1. The van der Waals surface area contributed by atoms with Crippen LogP contribution in [-0.2, 0) is 4.79 Å². The van der Waals surface area contributed by atoms with Crippen LogP contribution < -0.4 is 4.90 Å². The van der Waals surface area contributed by atoms with Crippen LogP contribution in [0.25, 0.3) is 0 Å². The third-order valence-corrected chi connectivity index (χ3v) is 4.70. The average molecular weight is 348 g/mol. The molecule has 3 heterocycles. The summed E-state index contributed by atoms with van der Waals surface area (Å²) in [6.45, 7) is 6.91. The molecule has 0 radical (unpaired) electrons. The first-order valence-corrected chi connectivity index (χ1v) is 8.83. The summed E-state index contributed by atoms with van der Waals surface area (Å²) in [6.07, 6.45) is 5.09. The molecule has 10 heteroatoms. The third-order valence-electron chi connectivity index (χ3n) is 3.78. The molecule has 1 fully saturated rings.